The fourth-order valence-corrected chi connectivity index (χ4v) is 1.71. The maximum absolute atomic E-state index is 10.9. The molecule has 1 heterocycles. The lowest BCUT2D eigenvalue weighted by atomic mass is 10.1. The van der Waals surface area contributed by atoms with Crippen LogP contribution in [0.25, 0.3) is 5.69 Å². The van der Waals surface area contributed by atoms with Crippen molar-refractivity contribution >= 4 is 6.29 Å². The fourth-order valence-electron chi connectivity index (χ4n) is 1.71. The summed E-state index contributed by atoms with van der Waals surface area (Å²) >= 11 is 0. The van der Waals surface area contributed by atoms with E-state index in [2.05, 4.69) is 10.3 Å². The fraction of sp³-hybridized carbons (Fsp3) is 0.250. The van der Waals surface area contributed by atoms with Gasteiger partial charge in [-0.05, 0) is 30.2 Å². The lowest BCUT2D eigenvalue weighted by Crippen LogP contribution is -2.05. The van der Waals surface area contributed by atoms with Crippen molar-refractivity contribution in [3.05, 3.63) is 35.7 Å². The molecule has 0 atom stereocenters. The van der Waals surface area contributed by atoms with Crippen molar-refractivity contribution in [2.24, 2.45) is 0 Å². The molecule has 17 heavy (non-hydrogen) atoms. The average molecular weight is 231 g/mol. The Labute approximate surface area is 98.7 Å². The van der Waals surface area contributed by atoms with Crippen molar-refractivity contribution < 1.29 is 9.90 Å². The molecule has 0 aliphatic carbocycles. The summed E-state index contributed by atoms with van der Waals surface area (Å²) in [5.41, 5.74) is 1.89. The molecule has 0 saturated heterocycles. The number of aromatic hydroxyl groups is 1. The minimum atomic E-state index is 0.138. The molecule has 2 rings (SSSR count). The summed E-state index contributed by atoms with van der Waals surface area (Å²) in [6, 6.07) is 6.60. The summed E-state index contributed by atoms with van der Waals surface area (Å²) in [6.45, 7) is 3.95. The number of nitrogens with zero attached hydrogens (tertiary/aromatic N) is 3. The van der Waals surface area contributed by atoms with Gasteiger partial charge < -0.3 is 5.11 Å². The average Bonchev–Trinajstić information content (AvgIpc) is 2.73. The van der Waals surface area contributed by atoms with Gasteiger partial charge in [0.15, 0.2) is 6.29 Å². The first-order valence-corrected chi connectivity index (χ1v) is 5.33. The quantitative estimate of drug-likeness (QED) is 0.819. The van der Waals surface area contributed by atoms with Gasteiger partial charge in [0.2, 0.25) is 0 Å². The topological polar surface area (TPSA) is 68.0 Å². The maximum atomic E-state index is 10.9. The third-order valence-corrected chi connectivity index (χ3v) is 2.49. The van der Waals surface area contributed by atoms with Crippen molar-refractivity contribution in [2.45, 2.75) is 19.8 Å². The van der Waals surface area contributed by atoms with Gasteiger partial charge in [-0.1, -0.05) is 19.1 Å². The minimum absolute atomic E-state index is 0.138. The number of hydrogen-bond acceptors (Lipinski definition) is 4. The number of rotatable bonds is 3. The van der Waals surface area contributed by atoms with E-state index in [1.807, 2.05) is 13.8 Å². The van der Waals surface area contributed by atoms with E-state index in [1.165, 1.54) is 0 Å². The summed E-state index contributed by atoms with van der Waals surface area (Å²) in [5, 5.41) is 17.0. The van der Waals surface area contributed by atoms with Crippen LogP contribution in [-0.4, -0.2) is 26.4 Å². The minimum Gasteiger partial charge on any atom is -0.508 e. The monoisotopic (exact) mass is 231 g/mol. The molecule has 5 nitrogen and oxygen atoms in total. The summed E-state index contributed by atoms with van der Waals surface area (Å²) < 4.78 is 1.62. The second kappa shape index (κ2) is 4.37. The zero-order valence-corrected chi connectivity index (χ0v) is 9.66. The van der Waals surface area contributed by atoms with Crippen molar-refractivity contribution in [1.29, 1.82) is 0 Å². The van der Waals surface area contributed by atoms with Gasteiger partial charge in [0.25, 0.3) is 0 Å². The van der Waals surface area contributed by atoms with Crippen molar-refractivity contribution in [1.82, 2.24) is 15.0 Å². The molecule has 0 amide bonds. The number of carbonyl (C=O) groups is 1. The summed E-state index contributed by atoms with van der Waals surface area (Å²) in [7, 11) is 0. The van der Waals surface area contributed by atoms with Crippen LogP contribution in [-0.2, 0) is 0 Å². The Morgan fingerprint density at radius 2 is 1.94 bits per heavy atom. The molecule has 0 aliphatic heterocycles. The number of benzene rings is 1. The molecule has 1 aromatic carbocycles. The molecule has 1 N–H and O–H groups in total. The van der Waals surface area contributed by atoms with Crippen LogP contribution in [0, 0.1) is 0 Å². The molecule has 0 unspecified atom stereocenters. The largest absolute Gasteiger partial charge is 0.508 e. The van der Waals surface area contributed by atoms with E-state index in [4.69, 9.17) is 0 Å². The third-order valence-electron chi connectivity index (χ3n) is 2.49. The molecule has 0 spiro atoms. The van der Waals surface area contributed by atoms with E-state index >= 15 is 0 Å². The zero-order chi connectivity index (χ0) is 12.4. The van der Waals surface area contributed by atoms with Gasteiger partial charge >= 0.3 is 0 Å². The molecule has 0 radical (unpaired) electrons. The predicted molar refractivity (Wildman–Crippen MR) is 62.5 cm³/mol. The number of aromatic nitrogens is 3. The molecular weight excluding hydrogens is 218 g/mol. The first-order chi connectivity index (χ1) is 8.13. The lowest BCUT2D eigenvalue weighted by molar-refractivity contribution is 0.111. The lowest BCUT2D eigenvalue weighted by Gasteiger charge is -2.09. The highest BCUT2D eigenvalue weighted by Crippen LogP contribution is 2.21. The van der Waals surface area contributed by atoms with Crippen LogP contribution in [0.15, 0.2) is 24.3 Å². The van der Waals surface area contributed by atoms with Gasteiger partial charge in [-0.25, -0.2) is 4.68 Å². The Morgan fingerprint density at radius 3 is 2.47 bits per heavy atom. The molecular formula is C12H13N3O2. The highest BCUT2D eigenvalue weighted by molar-refractivity contribution is 5.73. The highest BCUT2D eigenvalue weighted by atomic mass is 16.3. The summed E-state index contributed by atoms with van der Waals surface area (Å²) in [5.74, 6) is 0.328. The van der Waals surface area contributed by atoms with Gasteiger partial charge in [-0.3, -0.25) is 4.79 Å². The van der Waals surface area contributed by atoms with Crippen LogP contribution < -0.4 is 0 Å². The molecule has 0 aliphatic rings. The highest BCUT2D eigenvalue weighted by Gasteiger charge is 2.16. The SMILES string of the molecule is CC(C)c1c(C=O)nnn1-c1ccc(O)cc1. The van der Waals surface area contributed by atoms with Crippen LogP contribution in [0.5, 0.6) is 5.75 Å². The van der Waals surface area contributed by atoms with Gasteiger partial charge in [0.05, 0.1) is 11.4 Å². The van der Waals surface area contributed by atoms with E-state index < -0.39 is 0 Å². The number of hydrogen-bond donors (Lipinski definition) is 1. The van der Waals surface area contributed by atoms with E-state index in [0.717, 1.165) is 11.4 Å². The number of carbonyl (C=O) groups excluding carboxylic acids is 1. The zero-order valence-electron chi connectivity index (χ0n) is 9.66. The Hall–Kier alpha value is -2.17. The molecule has 0 fully saturated rings. The number of phenolic OH excluding ortho intramolecular Hbond substituents is 1. The van der Waals surface area contributed by atoms with Crippen LogP contribution in [0.2, 0.25) is 0 Å². The van der Waals surface area contributed by atoms with Crippen molar-refractivity contribution in [2.75, 3.05) is 0 Å². The molecule has 2 aromatic rings. The Morgan fingerprint density at radius 1 is 1.29 bits per heavy atom. The smallest absolute Gasteiger partial charge is 0.172 e. The first kappa shape index (κ1) is 11.3. The van der Waals surface area contributed by atoms with Crippen molar-refractivity contribution in [3.63, 3.8) is 0 Å². The van der Waals surface area contributed by atoms with E-state index in [-0.39, 0.29) is 11.7 Å². The summed E-state index contributed by atoms with van der Waals surface area (Å²) in [6.07, 6.45) is 0.708. The van der Waals surface area contributed by atoms with E-state index in [1.54, 1.807) is 28.9 Å². The van der Waals surface area contributed by atoms with E-state index in [9.17, 15) is 9.90 Å². The summed E-state index contributed by atoms with van der Waals surface area (Å²) in [4.78, 5) is 10.9. The van der Waals surface area contributed by atoms with Gasteiger partial charge in [-0.2, -0.15) is 0 Å². The second-order valence-electron chi connectivity index (χ2n) is 4.06. The molecule has 1 aromatic heterocycles. The Kier molecular flexibility index (Phi) is 2.91. The molecule has 0 bridgehead atoms. The third kappa shape index (κ3) is 2.04. The maximum Gasteiger partial charge on any atom is 0.172 e. The first-order valence-electron chi connectivity index (χ1n) is 5.33. The van der Waals surface area contributed by atoms with E-state index in [0.29, 0.717) is 12.0 Å². The normalized spacial score (nSPS) is 10.8. The van der Waals surface area contributed by atoms with Crippen LogP contribution >= 0.6 is 0 Å². The molecule has 88 valence electrons. The van der Waals surface area contributed by atoms with Crippen LogP contribution in [0.3, 0.4) is 0 Å². The molecule has 0 saturated carbocycles. The number of phenols is 1. The Balaban J connectivity index is 2.55. The van der Waals surface area contributed by atoms with Crippen LogP contribution in [0.4, 0.5) is 0 Å². The Bertz CT molecular complexity index is 529. The second-order valence-corrected chi connectivity index (χ2v) is 4.06. The predicted octanol–water partition coefficient (Wildman–Crippen LogP) is 1.91. The number of aldehydes is 1. The van der Waals surface area contributed by atoms with Crippen LogP contribution in [0.1, 0.15) is 35.9 Å². The standard InChI is InChI=1S/C12H13N3O2/c1-8(2)12-11(7-16)13-14-15(12)9-3-5-10(17)6-4-9/h3-8,17H,1-2H3. The van der Waals surface area contributed by atoms with Gasteiger partial charge in [0, 0.05) is 0 Å². The van der Waals surface area contributed by atoms with Gasteiger partial charge in [0.1, 0.15) is 11.4 Å². The molecule has 5 heteroatoms. The van der Waals surface area contributed by atoms with Crippen molar-refractivity contribution in [3.8, 4) is 11.4 Å². The van der Waals surface area contributed by atoms with Gasteiger partial charge in [-0.15, -0.1) is 5.10 Å².